The largest absolute Gasteiger partial charge is 0.299 e. The van der Waals surface area contributed by atoms with Crippen molar-refractivity contribution in [2.45, 2.75) is 48.7 Å². The molecule has 1 spiro atoms. The SMILES string of the molecule is O=C1CCCC[C@@]12CCC(S(=O)c1ccccc1)C2=O. The van der Waals surface area contributed by atoms with E-state index in [1.54, 1.807) is 12.1 Å². The summed E-state index contributed by atoms with van der Waals surface area (Å²) in [7, 11) is -1.33. The van der Waals surface area contributed by atoms with E-state index in [4.69, 9.17) is 0 Å². The second kappa shape index (κ2) is 5.24. The number of benzene rings is 1. The van der Waals surface area contributed by atoms with Crippen LogP contribution in [-0.2, 0) is 20.4 Å². The third-order valence-corrected chi connectivity index (χ3v) is 6.33. The van der Waals surface area contributed by atoms with Crippen LogP contribution >= 0.6 is 0 Å². The molecule has 1 aromatic carbocycles. The van der Waals surface area contributed by atoms with Gasteiger partial charge >= 0.3 is 0 Å². The van der Waals surface area contributed by atoms with Crippen molar-refractivity contribution in [3.05, 3.63) is 30.3 Å². The molecule has 3 rings (SSSR count). The van der Waals surface area contributed by atoms with Crippen molar-refractivity contribution in [1.29, 1.82) is 0 Å². The van der Waals surface area contributed by atoms with Crippen molar-refractivity contribution >= 4 is 22.4 Å². The van der Waals surface area contributed by atoms with E-state index in [-0.39, 0.29) is 11.6 Å². The maximum Gasteiger partial charge on any atom is 0.162 e. The Bertz CT molecular complexity index is 566. The van der Waals surface area contributed by atoms with Crippen LogP contribution in [0.2, 0.25) is 0 Å². The van der Waals surface area contributed by atoms with Crippen LogP contribution in [0.4, 0.5) is 0 Å². The summed E-state index contributed by atoms with van der Waals surface area (Å²) in [6.07, 6.45) is 4.16. The van der Waals surface area contributed by atoms with Crippen molar-refractivity contribution in [1.82, 2.24) is 0 Å². The highest BCUT2D eigenvalue weighted by Gasteiger charge is 2.54. The van der Waals surface area contributed by atoms with E-state index in [1.807, 2.05) is 18.2 Å². The smallest absolute Gasteiger partial charge is 0.162 e. The topological polar surface area (TPSA) is 51.2 Å². The first-order chi connectivity index (χ1) is 9.65. The summed E-state index contributed by atoms with van der Waals surface area (Å²) in [5.41, 5.74) is -0.798. The Labute approximate surface area is 121 Å². The maximum atomic E-state index is 12.7. The lowest BCUT2D eigenvalue weighted by Crippen LogP contribution is -2.41. The molecule has 0 aromatic heterocycles. The van der Waals surface area contributed by atoms with Crippen molar-refractivity contribution in [2.24, 2.45) is 5.41 Å². The molecular formula is C16H18O3S. The molecule has 0 N–H and O–H groups in total. The number of rotatable bonds is 2. The van der Waals surface area contributed by atoms with Gasteiger partial charge in [0, 0.05) is 11.3 Å². The van der Waals surface area contributed by atoms with Gasteiger partial charge in [-0.2, -0.15) is 0 Å². The minimum absolute atomic E-state index is 0.0654. The molecule has 106 valence electrons. The third kappa shape index (κ3) is 2.06. The van der Waals surface area contributed by atoms with Crippen LogP contribution in [0.3, 0.4) is 0 Å². The number of carbonyl (C=O) groups excluding carboxylic acids is 2. The van der Waals surface area contributed by atoms with Gasteiger partial charge in [0.05, 0.1) is 21.5 Å². The molecule has 4 heteroatoms. The zero-order valence-electron chi connectivity index (χ0n) is 11.3. The zero-order chi connectivity index (χ0) is 14.2. The molecule has 20 heavy (non-hydrogen) atoms. The van der Waals surface area contributed by atoms with Crippen LogP contribution in [0.25, 0.3) is 0 Å². The Morgan fingerprint density at radius 3 is 2.50 bits per heavy atom. The molecule has 3 nitrogen and oxygen atoms in total. The molecule has 0 heterocycles. The minimum Gasteiger partial charge on any atom is -0.299 e. The molecule has 2 unspecified atom stereocenters. The molecule has 0 bridgehead atoms. The van der Waals surface area contributed by atoms with Crippen LogP contribution in [0.15, 0.2) is 35.2 Å². The molecule has 2 aliphatic rings. The van der Waals surface area contributed by atoms with E-state index >= 15 is 0 Å². The van der Waals surface area contributed by atoms with E-state index < -0.39 is 21.5 Å². The van der Waals surface area contributed by atoms with Gasteiger partial charge < -0.3 is 0 Å². The van der Waals surface area contributed by atoms with Gasteiger partial charge in [0.1, 0.15) is 5.78 Å². The molecule has 3 atom stereocenters. The van der Waals surface area contributed by atoms with Crippen LogP contribution < -0.4 is 0 Å². The van der Waals surface area contributed by atoms with Gasteiger partial charge in [-0.1, -0.05) is 24.6 Å². The summed E-state index contributed by atoms with van der Waals surface area (Å²) in [5, 5.41) is -0.501. The van der Waals surface area contributed by atoms with E-state index in [0.29, 0.717) is 30.6 Å². The van der Waals surface area contributed by atoms with E-state index in [2.05, 4.69) is 0 Å². The molecule has 2 saturated carbocycles. The van der Waals surface area contributed by atoms with Crippen molar-refractivity contribution in [2.75, 3.05) is 0 Å². The third-order valence-electron chi connectivity index (χ3n) is 4.62. The average Bonchev–Trinajstić information content (AvgIpc) is 2.81. The summed E-state index contributed by atoms with van der Waals surface area (Å²) < 4.78 is 12.6. The maximum absolute atomic E-state index is 12.7. The Balaban J connectivity index is 1.86. The summed E-state index contributed by atoms with van der Waals surface area (Å²) in [4.78, 5) is 25.6. The van der Waals surface area contributed by atoms with Gasteiger partial charge in [-0.05, 0) is 37.8 Å². The number of ketones is 2. The van der Waals surface area contributed by atoms with Gasteiger partial charge in [-0.25, -0.2) is 0 Å². The average molecular weight is 290 g/mol. The lowest BCUT2D eigenvalue weighted by molar-refractivity contribution is -0.140. The second-order valence-electron chi connectivity index (χ2n) is 5.71. The van der Waals surface area contributed by atoms with Crippen LogP contribution in [0, 0.1) is 5.41 Å². The highest BCUT2D eigenvalue weighted by Crippen LogP contribution is 2.46. The zero-order valence-corrected chi connectivity index (χ0v) is 12.2. The van der Waals surface area contributed by atoms with Gasteiger partial charge in [-0.15, -0.1) is 0 Å². The van der Waals surface area contributed by atoms with Gasteiger partial charge in [0.2, 0.25) is 0 Å². The predicted octanol–water partition coefficient (Wildman–Crippen LogP) is 2.66. The Hall–Kier alpha value is -1.29. The minimum atomic E-state index is -1.33. The summed E-state index contributed by atoms with van der Waals surface area (Å²) in [6.45, 7) is 0. The molecule has 2 fully saturated rings. The molecular weight excluding hydrogens is 272 g/mol. The summed E-state index contributed by atoms with van der Waals surface area (Å²) in [5.74, 6) is 0.0192. The quantitative estimate of drug-likeness (QED) is 0.787. The van der Waals surface area contributed by atoms with Crippen LogP contribution in [0.1, 0.15) is 38.5 Å². The molecule has 2 aliphatic carbocycles. The lowest BCUT2D eigenvalue weighted by atomic mass is 9.71. The molecule has 0 radical (unpaired) electrons. The number of hydrogen-bond acceptors (Lipinski definition) is 3. The van der Waals surface area contributed by atoms with E-state index in [1.165, 1.54) is 0 Å². The fraction of sp³-hybridized carbons (Fsp3) is 0.500. The first-order valence-corrected chi connectivity index (χ1v) is 8.40. The number of hydrogen-bond donors (Lipinski definition) is 0. The van der Waals surface area contributed by atoms with Crippen LogP contribution in [-0.4, -0.2) is 21.0 Å². The predicted molar refractivity (Wildman–Crippen MR) is 76.8 cm³/mol. The van der Waals surface area contributed by atoms with Crippen molar-refractivity contribution in [3.63, 3.8) is 0 Å². The Morgan fingerprint density at radius 2 is 1.80 bits per heavy atom. The molecule has 1 aromatic rings. The standard InChI is InChI=1S/C16H18O3S/c17-14-8-4-5-10-16(14)11-9-13(15(16)18)20(19)12-6-2-1-3-7-12/h1-3,6-7,13H,4-5,8-11H2/t13?,16-,20?/m1/s1. The van der Waals surface area contributed by atoms with Crippen LogP contribution in [0.5, 0.6) is 0 Å². The fourth-order valence-electron chi connectivity index (χ4n) is 3.48. The highest BCUT2D eigenvalue weighted by molar-refractivity contribution is 7.86. The summed E-state index contributed by atoms with van der Waals surface area (Å²) in [6, 6.07) is 9.10. The molecule has 0 saturated heterocycles. The first kappa shape index (κ1) is 13.7. The van der Waals surface area contributed by atoms with Crippen molar-refractivity contribution in [3.8, 4) is 0 Å². The normalized spacial score (nSPS) is 31.7. The van der Waals surface area contributed by atoms with Crippen molar-refractivity contribution < 1.29 is 13.8 Å². The van der Waals surface area contributed by atoms with E-state index in [0.717, 1.165) is 12.8 Å². The van der Waals surface area contributed by atoms with Gasteiger partial charge in [-0.3, -0.25) is 13.8 Å². The molecule has 0 amide bonds. The fourth-order valence-corrected chi connectivity index (χ4v) is 4.99. The number of carbonyl (C=O) groups is 2. The molecule has 0 aliphatic heterocycles. The number of Topliss-reactive ketones (excluding diaryl/α,β-unsaturated/α-hetero) is 2. The van der Waals surface area contributed by atoms with Gasteiger partial charge in [0.25, 0.3) is 0 Å². The lowest BCUT2D eigenvalue weighted by Gasteiger charge is -2.30. The monoisotopic (exact) mass is 290 g/mol. The van der Waals surface area contributed by atoms with E-state index in [9.17, 15) is 13.8 Å². The Morgan fingerprint density at radius 1 is 1.05 bits per heavy atom. The summed E-state index contributed by atoms with van der Waals surface area (Å²) >= 11 is 0. The van der Waals surface area contributed by atoms with Gasteiger partial charge in [0.15, 0.2) is 5.78 Å². The second-order valence-corrected chi connectivity index (χ2v) is 7.35. The highest BCUT2D eigenvalue weighted by atomic mass is 32.2. The Kier molecular flexibility index (Phi) is 3.59. The first-order valence-electron chi connectivity index (χ1n) is 7.18.